The number of hydrogen-bond donors (Lipinski definition) is 1. The number of hydrogen-bond acceptors (Lipinski definition) is 4. The second-order valence-electron chi connectivity index (χ2n) is 7.09. The topological polar surface area (TPSA) is 58.4 Å². The summed E-state index contributed by atoms with van der Waals surface area (Å²) < 4.78 is 5.52. The molecule has 1 aromatic carbocycles. The molecule has 1 unspecified atom stereocenters. The molecule has 2 heterocycles. The number of amides is 1. The average molecular weight is 349 g/mol. The number of pyridine rings is 1. The number of carbonyl (C=O) groups excluding carboxylic acids is 1. The Morgan fingerprint density at radius 3 is 2.77 bits per heavy atom. The molecule has 1 amide bonds. The zero-order valence-corrected chi connectivity index (χ0v) is 15.1. The van der Waals surface area contributed by atoms with E-state index in [4.69, 9.17) is 9.40 Å². The van der Waals surface area contributed by atoms with Crippen molar-refractivity contribution in [1.29, 1.82) is 0 Å². The maximum Gasteiger partial charge on any atom is 0.252 e. The van der Waals surface area contributed by atoms with Crippen molar-refractivity contribution in [2.24, 2.45) is 0 Å². The van der Waals surface area contributed by atoms with E-state index < -0.39 is 0 Å². The third kappa shape index (κ3) is 3.35. The Morgan fingerprint density at radius 1 is 1.27 bits per heavy atom. The van der Waals surface area contributed by atoms with Gasteiger partial charge in [-0.1, -0.05) is 18.2 Å². The maximum absolute atomic E-state index is 13.0. The van der Waals surface area contributed by atoms with Gasteiger partial charge in [-0.15, -0.1) is 0 Å². The van der Waals surface area contributed by atoms with Crippen molar-refractivity contribution in [1.82, 2.24) is 15.2 Å². The Labute approximate surface area is 153 Å². The molecule has 0 radical (unpaired) electrons. The van der Waals surface area contributed by atoms with Crippen LogP contribution in [0.2, 0.25) is 0 Å². The summed E-state index contributed by atoms with van der Waals surface area (Å²) in [5, 5.41) is 3.98. The fraction of sp³-hybridized carbons (Fsp3) is 0.333. The van der Waals surface area contributed by atoms with E-state index in [2.05, 4.69) is 5.32 Å². The normalized spacial score (nSPS) is 15.3. The molecular weight excluding hydrogens is 326 g/mol. The average Bonchev–Trinajstić information content (AvgIpc) is 3.36. The predicted octanol–water partition coefficient (Wildman–Crippen LogP) is 3.74. The quantitative estimate of drug-likeness (QED) is 0.736. The summed E-state index contributed by atoms with van der Waals surface area (Å²) in [6.07, 6.45) is 3.98. The van der Waals surface area contributed by atoms with Gasteiger partial charge in [-0.05, 0) is 51.2 Å². The minimum Gasteiger partial charge on any atom is -0.468 e. The van der Waals surface area contributed by atoms with Crippen LogP contribution < -0.4 is 5.32 Å². The van der Waals surface area contributed by atoms with Crippen LogP contribution in [0.1, 0.15) is 46.6 Å². The molecule has 5 heteroatoms. The molecule has 134 valence electrons. The van der Waals surface area contributed by atoms with Gasteiger partial charge in [-0.25, -0.2) is 0 Å². The molecule has 5 nitrogen and oxygen atoms in total. The van der Waals surface area contributed by atoms with Crippen molar-refractivity contribution >= 4 is 16.8 Å². The fourth-order valence-corrected chi connectivity index (χ4v) is 3.28. The second kappa shape index (κ2) is 6.92. The molecule has 4 rings (SSSR count). The van der Waals surface area contributed by atoms with Gasteiger partial charge in [0.1, 0.15) is 5.76 Å². The van der Waals surface area contributed by atoms with Crippen molar-refractivity contribution in [3.05, 3.63) is 65.7 Å². The van der Waals surface area contributed by atoms with Gasteiger partial charge in [0, 0.05) is 23.5 Å². The number of nitrogens with one attached hydrogen (secondary N) is 1. The van der Waals surface area contributed by atoms with Gasteiger partial charge in [0.25, 0.3) is 5.91 Å². The van der Waals surface area contributed by atoms with Gasteiger partial charge in [-0.2, -0.15) is 0 Å². The zero-order chi connectivity index (χ0) is 18.1. The molecule has 0 spiro atoms. The monoisotopic (exact) mass is 349 g/mol. The first-order valence-electron chi connectivity index (χ1n) is 9.01. The van der Waals surface area contributed by atoms with Crippen LogP contribution >= 0.6 is 0 Å². The minimum absolute atomic E-state index is 0.00930. The zero-order valence-electron chi connectivity index (χ0n) is 15.1. The Bertz CT molecular complexity index is 914. The maximum atomic E-state index is 13.0. The molecule has 0 bridgehead atoms. The first kappa shape index (κ1) is 16.8. The highest BCUT2D eigenvalue weighted by Gasteiger charge is 2.27. The van der Waals surface area contributed by atoms with Crippen LogP contribution in [0.4, 0.5) is 0 Å². The Balaban J connectivity index is 1.59. The number of furan rings is 1. The third-order valence-corrected chi connectivity index (χ3v) is 4.93. The summed E-state index contributed by atoms with van der Waals surface area (Å²) in [7, 11) is 3.96. The largest absolute Gasteiger partial charge is 0.468 e. The number of carbonyl (C=O) groups is 1. The van der Waals surface area contributed by atoms with E-state index in [1.54, 1.807) is 6.26 Å². The van der Waals surface area contributed by atoms with Crippen LogP contribution in [0, 0.1) is 0 Å². The van der Waals surface area contributed by atoms with Gasteiger partial charge in [0.15, 0.2) is 0 Å². The van der Waals surface area contributed by atoms with Gasteiger partial charge >= 0.3 is 0 Å². The highest BCUT2D eigenvalue weighted by molar-refractivity contribution is 6.06. The number of para-hydroxylation sites is 1. The molecule has 2 aromatic heterocycles. The van der Waals surface area contributed by atoms with Crippen LogP contribution in [-0.2, 0) is 0 Å². The highest BCUT2D eigenvalue weighted by atomic mass is 16.3. The minimum atomic E-state index is -0.0658. The van der Waals surface area contributed by atoms with Crippen LogP contribution in [-0.4, -0.2) is 36.4 Å². The van der Waals surface area contributed by atoms with Gasteiger partial charge in [0.2, 0.25) is 0 Å². The molecule has 0 aliphatic heterocycles. The molecule has 0 saturated heterocycles. The molecule has 1 saturated carbocycles. The van der Waals surface area contributed by atoms with Crippen LogP contribution in [0.25, 0.3) is 10.9 Å². The first-order chi connectivity index (χ1) is 12.6. The lowest BCUT2D eigenvalue weighted by molar-refractivity contribution is 0.0940. The third-order valence-electron chi connectivity index (χ3n) is 4.93. The van der Waals surface area contributed by atoms with Gasteiger partial charge < -0.3 is 9.73 Å². The lowest BCUT2D eigenvalue weighted by atomic mass is 10.0. The van der Waals surface area contributed by atoms with E-state index in [0.717, 1.165) is 35.2 Å². The van der Waals surface area contributed by atoms with Crippen LogP contribution in [0.3, 0.4) is 0 Å². The number of likely N-dealkylation sites (N-methyl/N-ethyl adjacent to an activating group) is 1. The van der Waals surface area contributed by atoms with E-state index in [9.17, 15) is 4.79 Å². The van der Waals surface area contributed by atoms with Crippen molar-refractivity contribution in [2.45, 2.75) is 24.8 Å². The summed E-state index contributed by atoms with van der Waals surface area (Å²) in [4.78, 5) is 19.7. The van der Waals surface area contributed by atoms with E-state index in [-0.39, 0.29) is 11.9 Å². The summed E-state index contributed by atoms with van der Waals surface area (Å²) in [5.41, 5.74) is 2.62. The number of fused-ring (bicyclic) bond motifs is 1. The van der Waals surface area contributed by atoms with Crippen LogP contribution in [0.5, 0.6) is 0 Å². The Morgan fingerprint density at radius 2 is 2.08 bits per heavy atom. The molecule has 1 aliphatic rings. The van der Waals surface area contributed by atoms with Crippen molar-refractivity contribution in [2.75, 3.05) is 20.6 Å². The summed E-state index contributed by atoms with van der Waals surface area (Å²) in [6, 6.07) is 13.6. The SMILES string of the molecule is CN(C)C(CNC(=O)c1cc(C2CC2)nc2ccccc12)c1ccco1. The first-order valence-corrected chi connectivity index (χ1v) is 9.01. The molecule has 26 heavy (non-hydrogen) atoms. The standard InChI is InChI=1S/C21H23N3O2/c1-24(2)19(20-8-5-11-26-20)13-22-21(25)16-12-18(14-9-10-14)23-17-7-4-3-6-15(16)17/h3-8,11-12,14,19H,9-10,13H2,1-2H3,(H,22,25). The van der Waals surface area contributed by atoms with Crippen molar-refractivity contribution < 1.29 is 9.21 Å². The molecule has 1 N–H and O–H groups in total. The fourth-order valence-electron chi connectivity index (χ4n) is 3.28. The lowest BCUT2D eigenvalue weighted by Crippen LogP contribution is -2.34. The van der Waals surface area contributed by atoms with Crippen molar-refractivity contribution in [3.8, 4) is 0 Å². The molecule has 1 fully saturated rings. The smallest absolute Gasteiger partial charge is 0.252 e. The van der Waals surface area contributed by atoms with Gasteiger partial charge in [0.05, 0.1) is 23.4 Å². The molecule has 1 atom stereocenters. The van der Waals surface area contributed by atoms with Crippen LogP contribution in [0.15, 0.2) is 53.1 Å². The Kier molecular flexibility index (Phi) is 4.47. The number of rotatable bonds is 6. The second-order valence-corrected chi connectivity index (χ2v) is 7.09. The van der Waals surface area contributed by atoms with E-state index in [1.165, 1.54) is 0 Å². The highest BCUT2D eigenvalue weighted by Crippen LogP contribution is 2.40. The summed E-state index contributed by atoms with van der Waals surface area (Å²) >= 11 is 0. The number of aromatic nitrogens is 1. The van der Waals surface area contributed by atoms with Crippen molar-refractivity contribution in [3.63, 3.8) is 0 Å². The Hall–Kier alpha value is -2.66. The molecule has 1 aliphatic carbocycles. The summed E-state index contributed by atoms with van der Waals surface area (Å²) in [5.74, 6) is 1.28. The van der Waals surface area contributed by atoms with E-state index in [0.29, 0.717) is 18.0 Å². The van der Waals surface area contributed by atoms with Gasteiger partial charge in [-0.3, -0.25) is 14.7 Å². The predicted molar refractivity (Wildman–Crippen MR) is 101 cm³/mol. The lowest BCUT2D eigenvalue weighted by Gasteiger charge is -2.22. The molecular formula is C21H23N3O2. The number of benzene rings is 1. The summed E-state index contributed by atoms with van der Waals surface area (Å²) in [6.45, 7) is 0.481. The van der Waals surface area contributed by atoms with E-state index >= 15 is 0 Å². The molecule has 3 aromatic rings. The number of nitrogens with zero attached hydrogens (tertiary/aromatic N) is 2. The van der Waals surface area contributed by atoms with E-state index in [1.807, 2.05) is 61.5 Å².